The monoisotopic (exact) mass is 406 g/mol. The number of benzene rings is 1. The number of aryl methyl sites for hydroxylation is 1. The number of thioether (sulfide) groups is 1. The second-order valence-electron chi connectivity index (χ2n) is 7.16. The van der Waals surface area contributed by atoms with E-state index < -0.39 is 0 Å². The Hall–Kier alpha value is -3.00. The fraction of sp³-hybridized carbons (Fsp3) is 0.286. The Bertz CT molecular complexity index is 1090. The molecule has 1 aromatic carbocycles. The van der Waals surface area contributed by atoms with Gasteiger partial charge in [-0.05, 0) is 36.6 Å². The van der Waals surface area contributed by atoms with Crippen molar-refractivity contribution in [1.82, 2.24) is 29.9 Å². The number of rotatable bonds is 7. The van der Waals surface area contributed by atoms with Gasteiger partial charge in [-0.15, -0.1) is 10.2 Å². The molecule has 3 heterocycles. The van der Waals surface area contributed by atoms with E-state index in [-0.39, 0.29) is 0 Å². The number of para-hydroxylation sites is 1. The van der Waals surface area contributed by atoms with Gasteiger partial charge in [0.1, 0.15) is 0 Å². The Morgan fingerprint density at radius 2 is 1.97 bits per heavy atom. The van der Waals surface area contributed by atoms with Gasteiger partial charge in [-0.2, -0.15) is 4.98 Å². The highest BCUT2D eigenvalue weighted by molar-refractivity contribution is 7.98. The van der Waals surface area contributed by atoms with Crippen LogP contribution in [0.5, 0.6) is 0 Å². The first kappa shape index (κ1) is 19.3. The van der Waals surface area contributed by atoms with Crippen molar-refractivity contribution < 1.29 is 4.52 Å². The van der Waals surface area contributed by atoms with Crippen molar-refractivity contribution in [2.75, 3.05) is 0 Å². The molecule has 8 heteroatoms. The van der Waals surface area contributed by atoms with E-state index >= 15 is 0 Å². The molecule has 0 aliphatic carbocycles. The molecule has 4 aromatic rings. The molecule has 0 atom stereocenters. The fourth-order valence-electron chi connectivity index (χ4n) is 3.00. The molecule has 0 saturated carbocycles. The summed E-state index contributed by atoms with van der Waals surface area (Å²) in [6.07, 6.45) is 4.35. The van der Waals surface area contributed by atoms with Crippen molar-refractivity contribution in [3.63, 3.8) is 0 Å². The lowest BCUT2D eigenvalue weighted by atomic mass is 10.1. The van der Waals surface area contributed by atoms with Crippen LogP contribution in [0.1, 0.15) is 31.1 Å². The second-order valence-corrected chi connectivity index (χ2v) is 8.10. The number of aromatic nitrogens is 6. The molecule has 0 spiro atoms. The van der Waals surface area contributed by atoms with E-state index in [0.717, 1.165) is 40.0 Å². The smallest absolute Gasteiger partial charge is 0.237 e. The summed E-state index contributed by atoms with van der Waals surface area (Å²) in [4.78, 5) is 8.71. The average molecular weight is 407 g/mol. The number of pyridine rings is 1. The number of nitrogens with zero attached hydrogens (tertiary/aromatic N) is 6. The highest BCUT2D eigenvalue weighted by Crippen LogP contribution is 2.30. The summed E-state index contributed by atoms with van der Waals surface area (Å²) in [5, 5.41) is 13.7. The third kappa shape index (κ3) is 4.37. The molecular formula is C21H22N6OS. The summed E-state index contributed by atoms with van der Waals surface area (Å²) in [6, 6.07) is 12.1. The molecule has 4 rings (SSSR count). The van der Waals surface area contributed by atoms with Crippen molar-refractivity contribution in [2.45, 2.75) is 38.1 Å². The lowest BCUT2D eigenvalue weighted by Gasteiger charge is -2.12. The first-order valence-corrected chi connectivity index (χ1v) is 10.5. The van der Waals surface area contributed by atoms with E-state index in [9.17, 15) is 0 Å². The minimum atomic E-state index is 0.485. The van der Waals surface area contributed by atoms with Gasteiger partial charge in [0.15, 0.2) is 16.8 Å². The van der Waals surface area contributed by atoms with Crippen molar-refractivity contribution >= 4 is 11.8 Å². The van der Waals surface area contributed by atoms with Gasteiger partial charge in [-0.3, -0.25) is 9.55 Å². The van der Waals surface area contributed by atoms with Gasteiger partial charge >= 0.3 is 0 Å². The topological polar surface area (TPSA) is 82.5 Å². The SMILES string of the molecule is Cc1ccccc1-n1c(SCc2nc(CC(C)C)no2)nnc1-c1cccnc1. The van der Waals surface area contributed by atoms with Crippen LogP contribution in [0.25, 0.3) is 17.1 Å². The molecule has 0 aliphatic heterocycles. The normalized spacial score (nSPS) is 11.3. The Morgan fingerprint density at radius 3 is 2.72 bits per heavy atom. The Labute approximate surface area is 173 Å². The summed E-state index contributed by atoms with van der Waals surface area (Å²) in [6.45, 7) is 6.35. The van der Waals surface area contributed by atoms with Gasteiger partial charge in [0.2, 0.25) is 5.89 Å². The van der Waals surface area contributed by atoms with Gasteiger partial charge < -0.3 is 4.52 Å². The summed E-state index contributed by atoms with van der Waals surface area (Å²) in [5.41, 5.74) is 3.08. The van der Waals surface area contributed by atoms with E-state index in [4.69, 9.17) is 4.52 Å². The zero-order valence-corrected chi connectivity index (χ0v) is 17.4. The van der Waals surface area contributed by atoms with Gasteiger partial charge in [0.05, 0.1) is 11.4 Å². The quantitative estimate of drug-likeness (QED) is 0.418. The largest absolute Gasteiger partial charge is 0.338 e. The molecule has 0 aliphatic rings. The number of hydrogen-bond acceptors (Lipinski definition) is 7. The standard InChI is InChI=1S/C21H22N6OS/c1-14(2)11-18-23-19(28-26-18)13-29-21-25-24-20(16-8-6-10-22-12-16)27(21)17-9-5-4-7-15(17)3/h4-10,12,14H,11,13H2,1-3H3. The molecule has 0 N–H and O–H groups in total. The molecule has 29 heavy (non-hydrogen) atoms. The lowest BCUT2D eigenvalue weighted by Crippen LogP contribution is -2.02. The van der Waals surface area contributed by atoms with Gasteiger partial charge in [0.25, 0.3) is 0 Å². The van der Waals surface area contributed by atoms with Crippen LogP contribution in [-0.4, -0.2) is 29.9 Å². The molecule has 0 amide bonds. The second kappa shape index (κ2) is 8.57. The van der Waals surface area contributed by atoms with Crippen LogP contribution >= 0.6 is 11.8 Å². The molecule has 0 bridgehead atoms. The average Bonchev–Trinajstić information content (AvgIpc) is 3.34. The maximum absolute atomic E-state index is 5.40. The van der Waals surface area contributed by atoms with Crippen molar-refractivity contribution in [2.24, 2.45) is 5.92 Å². The lowest BCUT2D eigenvalue weighted by molar-refractivity contribution is 0.382. The molecule has 3 aromatic heterocycles. The Kier molecular flexibility index (Phi) is 5.71. The minimum Gasteiger partial charge on any atom is -0.338 e. The molecule has 148 valence electrons. The van der Waals surface area contributed by atoms with E-state index in [1.165, 1.54) is 11.8 Å². The van der Waals surface area contributed by atoms with Gasteiger partial charge in [-0.25, -0.2) is 0 Å². The molecule has 0 fully saturated rings. The van der Waals surface area contributed by atoms with Crippen molar-refractivity contribution in [1.29, 1.82) is 0 Å². The van der Waals surface area contributed by atoms with Crippen LogP contribution in [0, 0.1) is 12.8 Å². The minimum absolute atomic E-state index is 0.485. The summed E-state index contributed by atoms with van der Waals surface area (Å²) in [7, 11) is 0. The maximum Gasteiger partial charge on any atom is 0.237 e. The number of hydrogen-bond donors (Lipinski definition) is 0. The van der Waals surface area contributed by atoms with Gasteiger partial charge in [-0.1, -0.05) is 49.0 Å². The van der Waals surface area contributed by atoms with E-state index in [2.05, 4.69) is 62.8 Å². The van der Waals surface area contributed by atoms with Crippen LogP contribution < -0.4 is 0 Å². The summed E-state index contributed by atoms with van der Waals surface area (Å²) in [5.74, 6) is 3.10. The van der Waals surface area contributed by atoms with Crippen LogP contribution in [0.3, 0.4) is 0 Å². The highest BCUT2D eigenvalue weighted by Gasteiger charge is 2.19. The zero-order valence-electron chi connectivity index (χ0n) is 16.6. The third-order valence-corrected chi connectivity index (χ3v) is 5.25. The van der Waals surface area contributed by atoms with E-state index in [1.807, 2.05) is 24.3 Å². The predicted molar refractivity (Wildman–Crippen MR) is 112 cm³/mol. The van der Waals surface area contributed by atoms with E-state index in [0.29, 0.717) is 17.6 Å². The van der Waals surface area contributed by atoms with Crippen LogP contribution in [0.4, 0.5) is 0 Å². The maximum atomic E-state index is 5.40. The third-order valence-electron chi connectivity index (χ3n) is 4.34. The first-order valence-electron chi connectivity index (χ1n) is 9.48. The fourth-order valence-corrected chi connectivity index (χ4v) is 3.78. The van der Waals surface area contributed by atoms with Crippen molar-refractivity contribution in [3.05, 3.63) is 66.1 Å². The highest BCUT2D eigenvalue weighted by atomic mass is 32.2. The molecule has 0 unspecified atom stereocenters. The summed E-state index contributed by atoms with van der Waals surface area (Å²) < 4.78 is 7.46. The van der Waals surface area contributed by atoms with Crippen LogP contribution in [0.15, 0.2) is 58.5 Å². The predicted octanol–water partition coefficient (Wildman–Crippen LogP) is 4.51. The molecular weight excluding hydrogens is 384 g/mol. The van der Waals surface area contributed by atoms with Crippen LogP contribution in [0.2, 0.25) is 0 Å². The van der Waals surface area contributed by atoms with Crippen molar-refractivity contribution in [3.8, 4) is 17.1 Å². The molecule has 7 nitrogen and oxygen atoms in total. The molecule has 0 radical (unpaired) electrons. The van der Waals surface area contributed by atoms with E-state index in [1.54, 1.807) is 12.4 Å². The van der Waals surface area contributed by atoms with Crippen LogP contribution in [-0.2, 0) is 12.2 Å². The Balaban J connectivity index is 1.66. The van der Waals surface area contributed by atoms with Gasteiger partial charge in [0, 0.05) is 24.4 Å². The summed E-state index contributed by atoms with van der Waals surface area (Å²) >= 11 is 1.52. The zero-order chi connectivity index (χ0) is 20.2. The molecule has 0 saturated heterocycles. The Morgan fingerprint density at radius 1 is 1.10 bits per heavy atom. The first-order chi connectivity index (χ1) is 14.1.